The third-order valence-electron chi connectivity index (χ3n) is 14.3. The molecule has 6 heteroatoms. The van der Waals surface area contributed by atoms with E-state index in [0.29, 0.717) is 46.6 Å². The van der Waals surface area contributed by atoms with Crippen molar-refractivity contribution in [3.05, 3.63) is 54.1 Å². The van der Waals surface area contributed by atoms with Crippen LogP contribution in [0.15, 0.2) is 43.0 Å². The van der Waals surface area contributed by atoms with Crippen molar-refractivity contribution in [3.63, 3.8) is 0 Å². The summed E-state index contributed by atoms with van der Waals surface area (Å²) in [5, 5.41) is 13.3. The summed E-state index contributed by atoms with van der Waals surface area (Å²) >= 11 is 0. The molecule has 0 saturated heterocycles. The Morgan fingerprint density at radius 3 is 2.22 bits per heavy atom. The van der Waals surface area contributed by atoms with Crippen LogP contribution in [0, 0.1) is 45.3 Å². The summed E-state index contributed by atoms with van der Waals surface area (Å²) in [6.07, 6.45) is 18.0. The molecule has 2 N–H and O–H groups in total. The highest BCUT2D eigenvalue weighted by Crippen LogP contribution is 2.76. The predicted octanol–water partition coefficient (Wildman–Crippen LogP) is 8.81. The molecule has 0 amide bonds. The number of benzene rings is 1. The minimum atomic E-state index is -2.96. The average Bonchev–Trinajstić information content (AvgIpc) is 3.37. The molecule has 0 spiro atoms. The Bertz CT molecular complexity index is 1430. The Kier molecular flexibility index (Phi) is 9.14. The fourth-order valence-electron chi connectivity index (χ4n) is 12.3. The zero-order chi connectivity index (χ0) is 33.1. The standard InChI is InChI=1S/C36H53NO4S.C3H6/c1-32(2)26(24-9-11-25(12-10-24)31(38)39)15-18-33(3)29(32)16-19-35(5)30(33)14-13-27-28-8-7-17-36(28,21-20-34(27,35)4)37-22-23-42(6,40)41;1-3-2/h9-12,15,27-30,37H,7-8,13-14,16-23H2,1-6H3,(H,38,39);3H,1H2,2H3/t27?,28?,29?,30?,33?,34-,35?,36?;/m1./s1. The Morgan fingerprint density at radius 1 is 0.933 bits per heavy atom. The minimum Gasteiger partial charge on any atom is -0.478 e. The molecule has 4 saturated carbocycles. The van der Waals surface area contributed by atoms with Crippen molar-refractivity contribution < 1.29 is 18.3 Å². The Hall–Kier alpha value is -1.92. The maximum absolute atomic E-state index is 11.9. The number of carbonyl (C=O) groups is 1. The van der Waals surface area contributed by atoms with E-state index >= 15 is 0 Å². The van der Waals surface area contributed by atoms with Crippen molar-refractivity contribution in [2.45, 2.75) is 111 Å². The van der Waals surface area contributed by atoms with E-state index in [1.54, 1.807) is 18.2 Å². The molecule has 0 bridgehead atoms. The number of fused-ring (bicyclic) bond motifs is 7. The van der Waals surface area contributed by atoms with Crippen LogP contribution in [0.2, 0.25) is 0 Å². The van der Waals surface area contributed by atoms with Crippen molar-refractivity contribution in [2.24, 2.45) is 45.3 Å². The summed E-state index contributed by atoms with van der Waals surface area (Å²) in [7, 11) is -2.96. The highest BCUT2D eigenvalue weighted by Gasteiger charge is 2.69. The number of allylic oxidation sites excluding steroid dienone is 3. The fourth-order valence-corrected chi connectivity index (χ4v) is 12.7. The van der Waals surface area contributed by atoms with E-state index in [9.17, 15) is 18.3 Å². The van der Waals surface area contributed by atoms with Crippen LogP contribution >= 0.6 is 0 Å². The van der Waals surface area contributed by atoms with E-state index in [2.05, 4.69) is 52.6 Å². The maximum atomic E-state index is 11.9. The Labute approximate surface area is 273 Å². The second-order valence-electron chi connectivity index (χ2n) is 16.7. The van der Waals surface area contributed by atoms with E-state index in [-0.39, 0.29) is 22.1 Å². The predicted molar refractivity (Wildman–Crippen MR) is 186 cm³/mol. The first-order chi connectivity index (χ1) is 21.0. The molecule has 5 aliphatic rings. The molecule has 0 aliphatic heterocycles. The second kappa shape index (κ2) is 12.0. The van der Waals surface area contributed by atoms with Gasteiger partial charge in [-0.05, 0) is 133 Å². The summed E-state index contributed by atoms with van der Waals surface area (Å²) in [5.41, 5.74) is 3.90. The van der Waals surface area contributed by atoms with Gasteiger partial charge in [-0.25, -0.2) is 13.2 Å². The Balaban J connectivity index is 0.00000128. The van der Waals surface area contributed by atoms with Crippen LogP contribution in [0.3, 0.4) is 0 Å². The van der Waals surface area contributed by atoms with Crippen LogP contribution in [0.1, 0.15) is 122 Å². The molecule has 5 aliphatic carbocycles. The summed E-state index contributed by atoms with van der Waals surface area (Å²) in [6.45, 7) is 18.7. The first-order valence-electron chi connectivity index (χ1n) is 17.5. The lowest BCUT2D eigenvalue weighted by atomic mass is 9.33. The summed E-state index contributed by atoms with van der Waals surface area (Å²) < 4.78 is 23.8. The van der Waals surface area contributed by atoms with Crippen LogP contribution in [-0.4, -0.2) is 43.6 Å². The van der Waals surface area contributed by atoms with Crippen molar-refractivity contribution in [1.82, 2.24) is 5.32 Å². The summed E-state index contributed by atoms with van der Waals surface area (Å²) in [6, 6.07) is 7.53. The molecule has 250 valence electrons. The summed E-state index contributed by atoms with van der Waals surface area (Å²) in [4.78, 5) is 11.5. The lowest BCUT2D eigenvalue weighted by molar-refractivity contribution is -0.216. The quantitative estimate of drug-likeness (QED) is 0.305. The largest absolute Gasteiger partial charge is 0.478 e. The van der Waals surface area contributed by atoms with Gasteiger partial charge in [0.2, 0.25) is 0 Å². The van der Waals surface area contributed by atoms with Crippen LogP contribution in [-0.2, 0) is 9.84 Å². The zero-order valence-corrected chi connectivity index (χ0v) is 29.9. The minimum absolute atomic E-state index is 0.0214. The van der Waals surface area contributed by atoms with E-state index in [1.807, 2.05) is 19.1 Å². The molecule has 8 atom stereocenters. The van der Waals surface area contributed by atoms with Gasteiger partial charge in [-0.2, -0.15) is 0 Å². The molecule has 0 aromatic heterocycles. The second-order valence-corrected chi connectivity index (χ2v) is 19.0. The van der Waals surface area contributed by atoms with Gasteiger partial charge in [0, 0.05) is 18.3 Å². The zero-order valence-electron chi connectivity index (χ0n) is 29.0. The first kappa shape index (κ1) is 34.4. The summed E-state index contributed by atoms with van der Waals surface area (Å²) in [5.74, 6) is 2.00. The molecule has 45 heavy (non-hydrogen) atoms. The lowest BCUT2D eigenvalue weighted by Crippen LogP contribution is -2.67. The van der Waals surface area contributed by atoms with Gasteiger partial charge >= 0.3 is 5.97 Å². The van der Waals surface area contributed by atoms with Gasteiger partial charge in [-0.1, -0.05) is 65.3 Å². The van der Waals surface area contributed by atoms with E-state index in [1.165, 1.54) is 75.2 Å². The normalized spacial score (nSPS) is 39.9. The number of nitrogens with one attached hydrogen (secondary N) is 1. The average molecular weight is 638 g/mol. The van der Waals surface area contributed by atoms with E-state index in [0.717, 1.165) is 6.42 Å². The molecular weight excluding hydrogens is 578 g/mol. The van der Waals surface area contributed by atoms with Crippen LogP contribution in [0.4, 0.5) is 0 Å². The first-order valence-corrected chi connectivity index (χ1v) is 19.6. The van der Waals surface area contributed by atoms with Crippen molar-refractivity contribution in [2.75, 3.05) is 18.6 Å². The van der Waals surface area contributed by atoms with Gasteiger partial charge in [0.15, 0.2) is 0 Å². The number of carboxylic acids is 1. The van der Waals surface area contributed by atoms with Gasteiger partial charge in [0.05, 0.1) is 11.3 Å². The number of rotatable bonds is 6. The molecule has 6 rings (SSSR count). The maximum Gasteiger partial charge on any atom is 0.335 e. The fraction of sp³-hybridized carbons (Fsp3) is 0.718. The van der Waals surface area contributed by atoms with Crippen molar-refractivity contribution in [3.8, 4) is 0 Å². The number of aromatic carboxylic acids is 1. The Morgan fingerprint density at radius 2 is 1.60 bits per heavy atom. The molecular formula is C39H59NO4S. The van der Waals surface area contributed by atoms with Gasteiger partial charge in [-0.15, -0.1) is 6.58 Å². The molecule has 7 unspecified atom stereocenters. The number of carboxylic acid groups (broad SMARTS) is 1. The molecule has 0 radical (unpaired) electrons. The van der Waals surface area contributed by atoms with Crippen LogP contribution in [0.25, 0.3) is 5.57 Å². The van der Waals surface area contributed by atoms with Gasteiger partial charge in [0.1, 0.15) is 9.84 Å². The molecule has 5 nitrogen and oxygen atoms in total. The molecule has 1 aromatic rings. The van der Waals surface area contributed by atoms with E-state index in [4.69, 9.17) is 0 Å². The van der Waals surface area contributed by atoms with Crippen molar-refractivity contribution in [1.29, 1.82) is 0 Å². The highest BCUT2D eigenvalue weighted by atomic mass is 32.2. The van der Waals surface area contributed by atoms with Crippen LogP contribution in [0.5, 0.6) is 0 Å². The van der Waals surface area contributed by atoms with Gasteiger partial charge in [-0.3, -0.25) is 0 Å². The van der Waals surface area contributed by atoms with Gasteiger partial charge < -0.3 is 10.4 Å². The molecule has 0 heterocycles. The topological polar surface area (TPSA) is 83.5 Å². The molecule has 1 aromatic carbocycles. The number of sulfone groups is 1. The smallest absolute Gasteiger partial charge is 0.335 e. The van der Waals surface area contributed by atoms with Crippen molar-refractivity contribution >= 4 is 21.4 Å². The number of hydrogen-bond donors (Lipinski definition) is 2. The highest BCUT2D eigenvalue weighted by molar-refractivity contribution is 7.90. The van der Waals surface area contributed by atoms with E-state index < -0.39 is 15.8 Å². The monoisotopic (exact) mass is 637 g/mol. The SMILES string of the molecule is C=CC.CC1(C)C(c2ccc(C(=O)O)cc2)=CCC2(C)C1CCC1(C)C2CCC2C3CCCC3(NCCS(C)(=O)=O)CC[C@]21C. The number of hydrogen-bond acceptors (Lipinski definition) is 4. The molecule has 4 fully saturated rings. The van der Waals surface area contributed by atoms with Gasteiger partial charge in [0.25, 0.3) is 0 Å². The third-order valence-corrected chi connectivity index (χ3v) is 15.3. The lowest BCUT2D eigenvalue weighted by Gasteiger charge is -2.72. The van der Waals surface area contributed by atoms with Crippen LogP contribution < -0.4 is 5.32 Å². The third kappa shape index (κ3) is 5.58.